The Balaban J connectivity index is 2.11. The van der Waals surface area contributed by atoms with Gasteiger partial charge in [-0.1, -0.05) is 19.1 Å². The third-order valence-corrected chi connectivity index (χ3v) is 4.63. The van der Waals surface area contributed by atoms with Gasteiger partial charge in [0.15, 0.2) is 9.84 Å². The Hall–Kier alpha value is -1.56. The lowest BCUT2D eigenvalue weighted by molar-refractivity contribution is 0.597. The second-order valence-electron chi connectivity index (χ2n) is 4.15. The fourth-order valence-corrected chi connectivity index (χ4v) is 2.47. The number of aromatic nitrogens is 2. The average Bonchev–Trinajstić information content (AvgIpc) is 2.67. The monoisotopic (exact) mass is 267 g/mol. The highest BCUT2D eigenvalue weighted by Gasteiger charge is 2.09. The Morgan fingerprint density at radius 3 is 2.72 bits per heavy atom. The predicted molar refractivity (Wildman–Crippen MR) is 73.5 cm³/mol. The molecule has 5 nitrogen and oxygen atoms in total. The van der Waals surface area contributed by atoms with E-state index in [2.05, 4.69) is 10.3 Å². The number of nitrogens with zero attached hydrogens (tertiary/aromatic N) is 2. The van der Waals surface area contributed by atoms with Crippen LogP contribution in [0.2, 0.25) is 0 Å². The second-order valence-corrected chi connectivity index (χ2v) is 6.62. The maximum Gasteiger partial charge on any atom is 0.203 e. The van der Waals surface area contributed by atoms with Gasteiger partial charge in [-0.2, -0.15) is 0 Å². The van der Waals surface area contributed by atoms with Crippen LogP contribution in [0.25, 0.3) is 11.0 Å². The van der Waals surface area contributed by atoms with Crippen molar-refractivity contribution in [3.63, 3.8) is 0 Å². The van der Waals surface area contributed by atoms with Gasteiger partial charge in [0.1, 0.15) is 0 Å². The molecule has 0 aliphatic rings. The highest BCUT2D eigenvalue weighted by Crippen LogP contribution is 2.17. The van der Waals surface area contributed by atoms with Gasteiger partial charge in [-0.15, -0.1) is 0 Å². The van der Waals surface area contributed by atoms with Crippen LogP contribution in [-0.4, -0.2) is 36.0 Å². The van der Waals surface area contributed by atoms with Crippen LogP contribution in [0.3, 0.4) is 0 Å². The van der Waals surface area contributed by atoms with Gasteiger partial charge in [0, 0.05) is 19.3 Å². The molecule has 1 aromatic heterocycles. The van der Waals surface area contributed by atoms with Gasteiger partial charge < -0.3 is 9.88 Å². The summed E-state index contributed by atoms with van der Waals surface area (Å²) in [5.41, 5.74) is 1.93. The van der Waals surface area contributed by atoms with E-state index in [1.807, 2.05) is 35.9 Å². The van der Waals surface area contributed by atoms with E-state index in [0.717, 1.165) is 11.0 Å². The lowest BCUT2D eigenvalue weighted by Crippen LogP contribution is -2.18. The van der Waals surface area contributed by atoms with Crippen molar-refractivity contribution in [2.24, 2.45) is 7.05 Å². The van der Waals surface area contributed by atoms with Gasteiger partial charge in [0.25, 0.3) is 0 Å². The number of benzene rings is 1. The molecular weight excluding hydrogens is 250 g/mol. The largest absolute Gasteiger partial charge is 0.355 e. The van der Waals surface area contributed by atoms with Crippen LogP contribution in [0, 0.1) is 0 Å². The number of imidazole rings is 1. The topological polar surface area (TPSA) is 64.0 Å². The van der Waals surface area contributed by atoms with Gasteiger partial charge in [-0.25, -0.2) is 13.4 Å². The Morgan fingerprint density at radius 1 is 1.33 bits per heavy atom. The zero-order valence-electron chi connectivity index (χ0n) is 10.5. The number of hydrogen-bond acceptors (Lipinski definition) is 4. The van der Waals surface area contributed by atoms with Crippen molar-refractivity contribution < 1.29 is 8.42 Å². The van der Waals surface area contributed by atoms with Crippen molar-refractivity contribution >= 4 is 26.8 Å². The highest BCUT2D eigenvalue weighted by atomic mass is 32.2. The molecule has 0 radical (unpaired) electrons. The van der Waals surface area contributed by atoms with Crippen molar-refractivity contribution in [3.8, 4) is 0 Å². The van der Waals surface area contributed by atoms with Crippen LogP contribution >= 0.6 is 0 Å². The molecule has 2 aromatic rings. The quantitative estimate of drug-likeness (QED) is 0.890. The van der Waals surface area contributed by atoms with Crippen LogP contribution in [0.15, 0.2) is 24.3 Å². The van der Waals surface area contributed by atoms with Crippen molar-refractivity contribution in [2.45, 2.75) is 6.92 Å². The van der Waals surface area contributed by atoms with E-state index in [0.29, 0.717) is 12.5 Å². The molecular formula is C12H17N3O2S. The molecule has 0 atom stereocenters. The zero-order chi connectivity index (χ0) is 13.2. The van der Waals surface area contributed by atoms with E-state index in [1.54, 1.807) is 6.92 Å². The minimum absolute atomic E-state index is 0.132. The van der Waals surface area contributed by atoms with E-state index in [4.69, 9.17) is 0 Å². The smallest absolute Gasteiger partial charge is 0.203 e. The maximum atomic E-state index is 11.4. The third kappa shape index (κ3) is 2.64. The Bertz CT molecular complexity index is 646. The predicted octanol–water partition coefficient (Wildman–Crippen LogP) is 1.42. The molecule has 98 valence electrons. The molecule has 0 spiro atoms. The van der Waals surface area contributed by atoms with Crippen molar-refractivity contribution in [3.05, 3.63) is 24.3 Å². The van der Waals surface area contributed by atoms with Gasteiger partial charge in [0.05, 0.1) is 16.8 Å². The number of rotatable bonds is 5. The molecule has 0 saturated heterocycles. The van der Waals surface area contributed by atoms with Gasteiger partial charge in [-0.05, 0) is 12.1 Å². The van der Waals surface area contributed by atoms with Crippen LogP contribution in [0.4, 0.5) is 5.95 Å². The lowest BCUT2D eigenvalue weighted by Gasteiger charge is -2.05. The fourth-order valence-electron chi connectivity index (χ4n) is 1.77. The first-order chi connectivity index (χ1) is 8.53. The molecule has 18 heavy (non-hydrogen) atoms. The first kappa shape index (κ1) is 12.9. The van der Waals surface area contributed by atoms with E-state index in [-0.39, 0.29) is 11.5 Å². The van der Waals surface area contributed by atoms with Gasteiger partial charge in [-0.3, -0.25) is 0 Å². The standard InChI is InChI=1S/C12H17N3O2S/c1-3-18(16,17)9-8-13-12-14-10-6-4-5-7-11(10)15(12)2/h4-7H,3,8-9H2,1-2H3,(H,13,14). The minimum atomic E-state index is -2.93. The first-order valence-corrected chi connectivity index (χ1v) is 7.71. The first-order valence-electron chi connectivity index (χ1n) is 5.89. The van der Waals surface area contributed by atoms with Crippen molar-refractivity contribution in [1.82, 2.24) is 9.55 Å². The number of aryl methyl sites for hydroxylation is 1. The Morgan fingerprint density at radius 2 is 2.06 bits per heavy atom. The second kappa shape index (κ2) is 4.97. The number of nitrogens with one attached hydrogen (secondary N) is 1. The normalized spacial score (nSPS) is 11.9. The van der Waals surface area contributed by atoms with Crippen molar-refractivity contribution in [2.75, 3.05) is 23.4 Å². The summed E-state index contributed by atoms with van der Waals surface area (Å²) < 4.78 is 24.7. The fraction of sp³-hybridized carbons (Fsp3) is 0.417. The van der Waals surface area contributed by atoms with E-state index < -0.39 is 9.84 Å². The minimum Gasteiger partial charge on any atom is -0.355 e. The van der Waals surface area contributed by atoms with Crippen LogP contribution in [0.1, 0.15) is 6.92 Å². The molecule has 1 N–H and O–H groups in total. The molecule has 2 rings (SSSR count). The van der Waals surface area contributed by atoms with E-state index >= 15 is 0 Å². The number of anilines is 1. The highest BCUT2D eigenvalue weighted by molar-refractivity contribution is 7.91. The summed E-state index contributed by atoms with van der Waals surface area (Å²) in [5.74, 6) is 1.01. The molecule has 1 aromatic carbocycles. The van der Waals surface area contributed by atoms with Crippen LogP contribution in [-0.2, 0) is 16.9 Å². The summed E-state index contributed by atoms with van der Waals surface area (Å²) >= 11 is 0. The molecule has 0 fully saturated rings. The summed E-state index contributed by atoms with van der Waals surface area (Å²) in [7, 11) is -1.02. The summed E-state index contributed by atoms with van der Waals surface area (Å²) in [6.07, 6.45) is 0. The third-order valence-electron chi connectivity index (χ3n) is 2.92. The van der Waals surface area contributed by atoms with Gasteiger partial charge in [0.2, 0.25) is 5.95 Å². The molecule has 0 saturated carbocycles. The zero-order valence-corrected chi connectivity index (χ0v) is 11.4. The van der Waals surface area contributed by atoms with Gasteiger partial charge >= 0.3 is 0 Å². The summed E-state index contributed by atoms with van der Waals surface area (Å²) in [5, 5.41) is 3.07. The summed E-state index contributed by atoms with van der Waals surface area (Å²) in [6.45, 7) is 2.04. The molecule has 0 aliphatic heterocycles. The molecule has 0 aliphatic carbocycles. The van der Waals surface area contributed by atoms with Crippen LogP contribution < -0.4 is 5.32 Å². The van der Waals surface area contributed by atoms with Crippen LogP contribution in [0.5, 0.6) is 0 Å². The number of para-hydroxylation sites is 2. The number of hydrogen-bond donors (Lipinski definition) is 1. The Kier molecular flexibility index (Phi) is 3.56. The summed E-state index contributed by atoms with van der Waals surface area (Å²) in [6, 6.07) is 7.80. The molecule has 1 heterocycles. The van der Waals surface area contributed by atoms with Crippen molar-refractivity contribution in [1.29, 1.82) is 0 Å². The Labute approximate surface area is 107 Å². The maximum absolute atomic E-state index is 11.4. The molecule has 0 unspecified atom stereocenters. The SMILES string of the molecule is CCS(=O)(=O)CCNc1nc2ccccc2n1C. The number of sulfone groups is 1. The molecule has 6 heteroatoms. The number of fused-ring (bicyclic) bond motifs is 1. The van der Waals surface area contributed by atoms with E-state index in [1.165, 1.54) is 0 Å². The summed E-state index contributed by atoms with van der Waals surface area (Å²) in [4.78, 5) is 4.41. The lowest BCUT2D eigenvalue weighted by atomic mass is 10.3. The molecule has 0 amide bonds. The molecule has 0 bridgehead atoms. The average molecular weight is 267 g/mol. The van der Waals surface area contributed by atoms with E-state index in [9.17, 15) is 8.42 Å².